The lowest BCUT2D eigenvalue weighted by Crippen LogP contribution is -2.57. The number of carbonyl (C=O) groups is 5. The van der Waals surface area contributed by atoms with E-state index < -0.39 is 82.6 Å². The summed E-state index contributed by atoms with van der Waals surface area (Å²) in [6, 6.07) is 21.7. The molecule has 0 saturated carbocycles. The molecule has 5 rings (SSSR count). The zero-order valence-corrected chi connectivity index (χ0v) is 31.8. The Hall–Kier alpha value is -5.54. The van der Waals surface area contributed by atoms with Crippen LogP contribution in [-0.4, -0.2) is 73.6 Å². The summed E-state index contributed by atoms with van der Waals surface area (Å²) in [4.78, 5) is 67.7. The zero-order valence-electron chi connectivity index (χ0n) is 30.2. The van der Waals surface area contributed by atoms with Crippen molar-refractivity contribution in [1.82, 2.24) is 20.3 Å². The topological polar surface area (TPSA) is 159 Å². The van der Waals surface area contributed by atoms with E-state index in [1.165, 1.54) is 65.6 Å². The first kappa shape index (κ1) is 41.6. The van der Waals surface area contributed by atoms with E-state index in [0.717, 1.165) is 11.1 Å². The van der Waals surface area contributed by atoms with Crippen molar-refractivity contribution in [2.24, 2.45) is 5.92 Å². The summed E-state index contributed by atoms with van der Waals surface area (Å²) in [6.45, 7) is 2.63. The number of nitrogens with one attached hydrogen (secondary N) is 3. The number of alkyl halides is 3. The van der Waals surface area contributed by atoms with Gasteiger partial charge in [0.2, 0.25) is 11.8 Å². The van der Waals surface area contributed by atoms with Crippen molar-refractivity contribution in [3.05, 3.63) is 136 Å². The van der Waals surface area contributed by atoms with Gasteiger partial charge in [-0.25, -0.2) is 13.1 Å². The van der Waals surface area contributed by atoms with Gasteiger partial charge in [0.25, 0.3) is 27.6 Å². The minimum atomic E-state index is -5.24. The van der Waals surface area contributed by atoms with Gasteiger partial charge in [-0.3, -0.25) is 24.0 Å². The standard InChI is InChI=1S/C40H38ClF3N4O7S/c1-24(2)35(46-37(51)26-12-14-27(15-13-26)38(52)47-56(54,55)32-18-16-30(41)17-19-32)39(53)48(31-21-28-10-6-7-11-29(28)22-31)23-34(49)45-33(36(50)40(42,43)44)20-25-8-4-3-5-9-25/h3-19,24,31,33,35H,20-23H2,1-2H3,(H,45,49)(H,46,51)(H,47,52). The molecule has 0 heterocycles. The molecule has 11 nitrogen and oxygen atoms in total. The van der Waals surface area contributed by atoms with Crippen LogP contribution in [0, 0.1) is 5.92 Å². The predicted molar refractivity (Wildman–Crippen MR) is 201 cm³/mol. The van der Waals surface area contributed by atoms with E-state index in [4.69, 9.17) is 11.6 Å². The zero-order chi connectivity index (χ0) is 40.8. The number of benzene rings is 4. The average Bonchev–Trinajstić information content (AvgIpc) is 3.59. The van der Waals surface area contributed by atoms with Gasteiger partial charge >= 0.3 is 6.18 Å². The molecule has 4 aromatic rings. The number of Topliss-reactive ketones (excluding diaryl/α,β-unsaturated/α-hetero) is 1. The van der Waals surface area contributed by atoms with Gasteiger partial charge in [-0.15, -0.1) is 0 Å². The van der Waals surface area contributed by atoms with Crippen LogP contribution in [-0.2, 0) is 43.7 Å². The molecule has 0 radical (unpaired) electrons. The van der Waals surface area contributed by atoms with Crippen molar-refractivity contribution in [1.29, 1.82) is 0 Å². The summed E-state index contributed by atoms with van der Waals surface area (Å²) in [5.41, 5.74) is 2.16. The number of hydrogen-bond donors (Lipinski definition) is 3. The largest absolute Gasteiger partial charge is 0.452 e. The van der Waals surface area contributed by atoms with E-state index in [-0.39, 0.29) is 16.0 Å². The van der Waals surface area contributed by atoms with Gasteiger partial charge in [0, 0.05) is 28.6 Å². The number of sulfonamides is 1. The Morgan fingerprint density at radius 2 is 1.30 bits per heavy atom. The fourth-order valence-electron chi connectivity index (χ4n) is 6.34. The summed E-state index contributed by atoms with van der Waals surface area (Å²) >= 11 is 5.82. The Labute approximate surface area is 326 Å². The molecule has 0 spiro atoms. The lowest BCUT2D eigenvalue weighted by Gasteiger charge is -2.34. The van der Waals surface area contributed by atoms with Crippen molar-refractivity contribution in [3.8, 4) is 0 Å². The smallest absolute Gasteiger partial charge is 0.344 e. The third-order valence-electron chi connectivity index (χ3n) is 9.26. The average molecular weight is 811 g/mol. The first-order chi connectivity index (χ1) is 26.4. The lowest BCUT2D eigenvalue weighted by molar-refractivity contribution is -0.173. The van der Waals surface area contributed by atoms with Crippen molar-refractivity contribution < 1.29 is 45.6 Å². The second kappa shape index (κ2) is 17.5. The van der Waals surface area contributed by atoms with Gasteiger partial charge in [0.1, 0.15) is 12.1 Å². The Morgan fingerprint density at radius 3 is 1.84 bits per heavy atom. The second-order valence-electron chi connectivity index (χ2n) is 13.6. The van der Waals surface area contributed by atoms with E-state index in [9.17, 15) is 45.6 Å². The molecule has 4 amide bonds. The number of carbonyl (C=O) groups excluding carboxylic acids is 5. The van der Waals surface area contributed by atoms with Crippen LogP contribution >= 0.6 is 11.6 Å². The molecule has 16 heteroatoms. The minimum absolute atomic E-state index is 0.0209. The normalized spacial score (nSPS) is 14.0. The summed E-state index contributed by atoms with van der Waals surface area (Å²) in [5, 5.41) is 5.20. The Bertz CT molecular complexity index is 2180. The number of halogens is 4. The predicted octanol–water partition coefficient (Wildman–Crippen LogP) is 5.07. The third kappa shape index (κ3) is 10.4. The summed E-state index contributed by atoms with van der Waals surface area (Å²) < 4.78 is 68.2. The van der Waals surface area contributed by atoms with Crippen molar-refractivity contribution in [2.45, 2.75) is 62.3 Å². The highest BCUT2D eigenvalue weighted by atomic mass is 35.5. The maximum atomic E-state index is 14.4. The molecule has 0 saturated heterocycles. The van der Waals surface area contributed by atoms with Gasteiger partial charge in [-0.2, -0.15) is 13.2 Å². The first-order valence-electron chi connectivity index (χ1n) is 17.5. The maximum absolute atomic E-state index is 14.4. The molecule has 4 aromatic carbocycles. The van der Waals surface area contributed by atoms with E-state index in [0.29, 0.717) is 23.4 Å². The molecule has 56 heavy (non-hydrogen) atoms. The molecule has 1 aliphatic carbocycles. The lowest BCUT2D eigenvalue weighted by atomic mass is 10.00. The van der Waals surface area contributed by atoms with Gasteiger partial charge in [-0.1, -0.05) is 80.0 Å². The van der Waals surface area contributed by atoms with Crippen LogP contribution in [0.2, 0.25) is 5.02 Å². The van der Waals surface area contributed by atoms with Gasteiger partial charge in [-0.05, 0) is 84.0 Å². The Balaban J connectivity index is 1.33. The van der Waals surface area contributed by atoms with Gasteiger partial charge < -0.3 is 15.5 Å². The van der Waals surface area contributed by atoms with Crippen LogP contribution in [0.3, 0.4) is 0 Å². The molecule has 0 fully saturated rings. The van der Waals surface area contributed by atoms with Crippen LogP contribution < -0.4 is 15.4 Å². The molecule has 3 N–H and O–H groups in total. The molecular weight excluding hydrogens is 773 g/mol. The summed E-state index contributed by atoms with van der Waals surface area (Å²) in [5.74, 6) is -6.03. The van der Waals surface area contributed by atoms with E-state index >= 15 is 0 Å². The summed E-state index contributed by atoms with van der Waals surface area (Å²) in [6.07, 6.45) is -5.00. The molecule has 0 aliphatic heterocycles. The highest BCUT2D eigenvalue weighted by Crippen LogP contribution is 2.27. The fraction of sp³-hybridized carbons (Fsp3) is 0.275. The summed E-state index contributed by atoms with van der Waals surface area (Å²) in [7, 11) is -4.23. The monoisotopic (exact) mass is 810 g/mol. The van der Waals surface area contributed by atoms with Crippen LogP contribution in [0.25, 0.3) is 0 Å². The molecule has 0 bridgehead atoms. The number of fused-ring (bicyclic) bond motifs is 1. The van der Waals surface area contributed by atoms with E-state index in [1.807, 2.05) is 29.0 Å². The number of rotatable bonds is 14. The molecular formula is C40H38ClF3N4O7S. The van der Waals surface area contributed by atoms with E-state index in [1.54, 1.807) is 32.0 Å². The van der Waals surface area contributed by atoms with Crippen molar-refractivity contribution in [2.75, 3.05) is 6.54 Å². The quantitative estimate of drug-likeness (QED) is 0.161. The Kier molecular flexibility index (Phi) is 13.0. The number of nitrogens with zero attached hydrogens (tertiary/aromatic N) is 1. The van der Waals surface area contributed by atoms with Gasteiger partial charge in [0.05, 0.1) is 11.4 Å². The highest BCUT2D eigenvalue weighted by molar-refractivity contribution is 7.90. The van der Waals surface area contributed by atoms with Crippen molar-refractivity contribution in [3.63, 3.8) is 0 Å². The fourth-order valence-corrected chi connectivity index (χ4v) is 7.44. The molecule has 2 unspecified atom stereocenters. The molecule has 294 valence electrons. The number of hydrogen-bond acceptors (Lipinski definition) is 7. The minimum Gasteiger partial charge on any atom is -0.344 e. The third-order valence-corrected chi connectivity index (χ3v) is 10.9. The maximum Gasteiger partial charge on any atom is 0.452 e. The van der Waals surface area contributed by atoms with Crippen LogP contribution in [0.1, 0.15) is 51.3 Å². The van der Waals surface area contributed by atoms with Crippen molar-refractivity contribution >= 4 is 51.0 Å². The Morgan fingerprint density at radius 1 is 0.768 bits per heavy atom. The number of amides is 4. The molecule has 2 atom stereocenters. The van der Waals surface area contributed by atoms with Crippen LogP contribution in [0.5, 0.6) is 0 Å². The van der Waals surface area contributed by atoms with Crippen LogP contribution in [0.4, 0.5) is 13.2 Å². The highest BCUT2D eigenvalue weighted by Gasteiger charge is 2.44. The van der Waals surface area contributed by atoms with Crippen LogP contribution in [0.15, 0.2) is 108 Å². The first-order valence-corrected chi connectivity index (χ1v) is 19.3. The van der Waals surface area contributed by atoms with Gasteiger partial charge in [0.15, 0.2) is 0 Å². The number of ketones is 1. The second-order valence-corrected chi connectivity index (χ2v) is 15.7. The SMILES string of the molecule is CC(C)C(NC(=O)c1ccc(C(=O)NS(=O)(=O)c2ccc(Cl)cc2)cc1)C(=O)N(CC(=O)NC(Cc1ccccc1)C(=O)C(F)(F)F)C1Cc2ccccc2C1. The molecule has 1 aliphatic rings. The van der Waals surface area contributed by atoms with E-state index in [2.05, 4.69) is 10.6 Å². The molecule has 0 aromatic heterocycles.